The molecule has 0 aliphatic rings. The average Bonchev–Trinajstić information content (AvgIpc) is 3.30. The van der Waals surface area contributed by atoms with Gasteiger partial charge in [0, 0.05) is 19.9 Å². The number of aromatic nitrogens is 6. The van der Waals surface area contributed by atoms with Crippen LogP contribution in [0, 0.1) is 0 Å². The molecular formula is C14H8Br2N6OS. The van der Waals surface area contributed by atoms with Gasteiger partial charge in [-0.05, 0) is 51.5 Å². The molecule has 0 fully saturated rings. The standard InChI is InChI=1S/C14H8Br2N6OS/c15-9-3-1-8(2-4-9)13-18-21-22(19-13)6-12-17-14(20-23-12)11-5-10(16)7-24-11/h1-5,7H,6H2. The molecule has 0 radical (unpaired) electrons. The number of hydrogen-bond acceptors (Lipinski definition) is 7. The zero-order valence-electron chi connectivity index (χ0n) is 11.9. The van der Waals surface area contributed by atoms with E-state index in [4.69, 9.17) is 4.52 Å². The van der Waals surface area contributed by atoms with E-state index in [-0.39, 0.29) is 6.54 Å². The minimum absolute atomic E-state index is 0.267. The summed E-state index contributed by atoms with van der Waals surface area (Å²) in [4.78, 5) is 6.72. The summed E-state index contributed by atoms with van der Waals surface area (Å²) in [5.74, 6) is 1.52. The van der Waals surface area contributed by atoms with E-state index in [9.17, 15) is 0 Å². The van der Waals surface area contributed by atoms with Crippen molar-refractivity contribution >= 4 is 43.2 Å². The van der Waals surface area contributed by atoms with Crippen LogP contribution < -0.4 is 0 Å². The predicted molar refractivity (Wildman–Crippen MR) is 95.4 cm³/mol. The molecule has 0 N–H and O–H groups in total. The van der Waals surface area contributed by atoms with Crippen LogP contribution in [0.5, 0.6) is 0 Å². The lowest BCUT2D eigenvalue weighted by atomic mass is 10.2. The summed E-state index contributed by atoms with van der Waals surface area (Å²) in [5, 5.41) is 18.4. The summed E-state index contributed by atoms with van der Waals surface area (Å²) >= 11 is 8.35. The molecule has 0 saturated carbocycles. The number of halogens is 2. The van der Waals surface area contributed by atoms with E-state index in [0.29, 0.717) is 17.5 Å². The molecule has 3 aromatic heterocycles. The minimum Gasteiger partial charge on any atom is -0.337 e. The van der Waals surface area contributed by atoms with Crippen LogP contribution in [-0.2, 0) is 6.54 Å². The summed E-state index contributed by atoms with van der Waals surface area (Å²) in [5.41, 5.74) is 0.888. The summed E-state index contributed by atoms with van der Waals surface area (Å²) in [6.07, 6.45) is 0. The van der Waals surface area contributed by atoms with Gasteiger partial charge < -0.3 is 4.52 Å². The minimum atomic E-state index is 0.267. The van der Waals surface area contributed by atoms with Crippen molar-refractivity contribution in [3.05, 3.63) is 50.5 Å². The Bertz CT molecular complexity index is 977. The molecule has 0 spiro atoms. The van der Waals surface area contributed by atoms with Crippen LogP contribution in [0.4, 0.5) is 0 Å². The number of hydrogen-bond donors (Lipinski definition) is 0. The summed E-state index contributed by atoms with van der Waals surface area (Å²) in [6.45, 7) is 0.267. The van der Waals surface area contributed by atoms with Gasteiger partial charge in [-0.1, -0.05) is 21.1 Å². The molecule has 3 heterocycles. The van der Waals surface area contributed by atoms with Crippen molar-refractivity contribution in [1.82, 2.24) is 30.3 Å². The largest absolute Gasteiger partial charge is 0.337 e. The van der Waals surface area contributed by atoms with Crippen LogP contribution in [-0.4, -0.2) is 30.3 Å². The second-order valence-corrected chi connectivity index (χ2v) is 7.53. The molecule has 0 bridgehead atoms. The van der Waals surface area contributed by atoms with Gasteiger partial charge in [0.1, 0.15) is 6.54 Å². The third kappa shape index (κ3) is 3.30. The van der Waals surface area contributed by atoms with Gasteiger partial charge in [-0.2, -0.15) is 9.78 Å². The number of thiophene rings is 1. The van der Waals surface area contributed by atoms with Crippen molar-refractivity contribution in [2.24, 2.45) is 0 Å². The fourth-order valence-corrected chi connectivity index (χ4v) is 3.61. The lowest BCUT2D eigenvalue weighted by molar-refractivity contribution is 0.356. The molecule has 0 saturated heterocycles. The highest BCUT2D eigenvalue weighted by Crippen LogP contribution is 2.27. The number of benzene rings is 1. The maximum atomic E-state index is 5.26. The Morgan fingerprint density at radius 3 is 2.67 bits per heavy atom. The monoisotopic (exact) mass is 466 g/mol. The molecule has 24 heavy (non-hydrogen) atoms. The molecule has 4 rings (SSSR count). The molecule has 120 valence electrons. The van der Waals surface area contributed by atoms with Crippen molar-refractivity contribution in [2.75, 3.05) is 0 Å². The van der Waals surface area contributed by atoms with Gasteiger partial charge in [0.2, 0.25) is 11.6 Å². The molecule has 0 amide bonds. The van der Waals surface area contributed by atoms with E-state index in [2.05, 4.69) is 57.4 Å². The maximum absolute atomic E-state index is 5.26. The first kappa shape index (κ1) is 15.6. The second-order valence-electron chi connectivity index (χ2n) is 4.79. The third-order valence-corrected chi connectivity index (χ3v) is 5.30. The Balaban J connectivity index is 1.52. The highest BCUT2D eigenvalue weighted by Gasteiger charge is 2.13. The lowest BCUT2D eigenvalue weighted by Gasteiger charge is -1.94. The second kappa shape index (κ2) is 6.54. The fourth-order valence-electron chi connectivity index (χ4n) is 2.00. The molecule has 0 aliphatic carbocycles. The van der Waals surface area contributed by atoms with Crippen LogP contribution in [0.15, 0.2) is 49.2 Å². The molecule has 7 nitrogen and oxygen atoms in total. The van der Waals surface area contributed by atoms with Crippen LogP contribution in [0.1, 0.15) is 5.89 Å². The van der Waals surface area contributed by atoms with Gasteiger partial charge in [0.05, 0.1) is 4.88 Å². The van der Waals surface area contributed by atoms with Gasteiger partial charge in [-0.25, -0.2) is 0 Å². The van der Waals surface area contributed by atoms with E-state index < -0.39 is 0 Å². The van der Waals surface area contributed by atoms with Crippen LogP contribution in [0.3, 0.4) is 0 Å². The van der Waals surface area contributed by atoms with Crippen molar-refractivity contribution in [2.45, 2.75) is 6.54 Å². The van der Waals surface area contributed by atoms with Crippen LogP contribution in [0.25, 0.3) is 22.1 Å². The summed E-state index contributed by atoms with van der Waals surface area (Å²) in [6, 6.07) is 9.65. The van der Waals surface area contributed by atoms with Crippen molar-refractivity contribution < 1.29 is 4.52 Å². The Morgan fingerprint density at radius 2 is 1.92 bits per heavy atom. The predicted octanol–water partition coefficient (Wildman–Crippen LogP) is 4.02. The molecule has 0 aliphatic heterocycles. The average molecular weight is 468 g/mol. The topological polar surface area (TPSA) is 82.5 Å². The third-order valence-electron chi connectivity index (χ3n) is 3.09. The van der Waals surface area contributed by atoms with E-state index >= 15 is 0 Å². The molecule has 1 aromatic carbocycles. The Kier molecular flexibility index (Phi) is 4.25. The maximum Gasteiger partial charge on any atom is 0.250 e. The number of nitrogens with zero attached hydrogens (tertiary/aromatic N) is 6. The van der Waals surface area contributed by atoms with Gasteiger partial charge in [0.15, 0.2) is 0 Å². The lowest BCUT2D eigenvalue weighted by Crippen LogP contribution is -2.04. The van der Waals surface area contributed by atoms with E-state index in [1.807, 2.05) is 35.7 Å². The Labute approximate surface area is 157 Å². The molecule has 0 unspecified atom stereocenters. The molecular weight excluding hydrogens is 460 g/mol. The normalized spacial score (nSPS) is 11.1. The first-order valence-electron chi connectivity index (χ1n) is 6.78. The van der Waals surface area contributed by atoms with Gasteiger partial charge in [-0.3, -0.25) is 0 Å². The highest BCUT2D eigenvalue weighted by atomic mass is 79.9. The van der Waals surface area contributed by atoms with Gasteiger partial charge in [0.25, 0.3) is 5.89 Å². The quantitative estimate of drug-likeness (QED) is 0.450. The zero-order chi connectivity index (χ0) is 16.5. The smallest absolute Gasteiger partial charge is 0.250 e. The van der Waals surface area contributed by atoms with Crippen molar-refractivity contribution in [3.8, 4) is 22.1 Å². The zero-order valence-corrected chi connectivity index (χ0v) is 15.9. The van der Waals surface area contributed by atoms with Crippen molar-refractivity contribution in [1.29, 1.82) is 0 Å². The SMILES string of the molecule is Brc1ccc(-c2nnn(Cc3nc(-c4cc(Br)cs4)no3)n2)cc1. The first-order chi connectivity index (χ1) is 11.7. The fraction of sp³-hybridized carbons (Fsp3) is 0.0714. The summed E-state index contributed by atoms with van der Waals surface area (Å²) < 4.78 is 7.25. The van der Waals surface area contributed by atoms with Crippen molar-refractivity contribution in [3.63, 3.8) is 0 Å². The van der Waals surface area contributed by atoms with Gasteiger partial charge >= 0.3 is 0 Å². The molecule has 4 aromatic rings. The van der Waals surface area contributed by atoms with E-state index in [1.165, 1.54) is 16.1 Å². The molecule has 0 atom stereocenters. The van der Waals surface area contributed by atoms with E-state index in [0.717, 1.165) is 19.4 Å². The number of rotatable bonds is 4. The van der Waals surface area contributed by atoms with Crippen LogP contribution >= 0.6 is 43.2 Å². The Hall–Kier alpha value is -1.91. The highest BCUT2D eigenvalue weighted by molar-refractivity contribution is 9.10. The van der Waals surface area contributed by atoms with Gasteiger partial charge in [-0.15, -0.1) is 21.5 Å². The van der Waals surface area contributed by atoms with Crippen LogP contribution in [0.2, 0.25) is 0 Å². The summed E-state index contributed by atoms with van der Waals surface area (Å²) in [7, 11) is 0. The Morgan fingerprint density at radius 1 is 1.08 bits per heavy atom. The van der Waals surface area contributed by atoms with E-state index in [1.54, 1.807) is 0 Å². The molecule has 10 heteroatoms. The first-order valence-corrected chi connectivity index (χ1v) is 9.25. The number of tetrazole rings is 1.